The Balaban J connectivity index is 0.000000327. The number of non-ortho nitro benzene ring substituents is 1. The maximum absolute atomic E-state index is 10.1. The van der Waals surface area contributed by atoms with Gasteiger partial charge >= 0.3 is 0 Å². The molecule has 0 saturated heterocycles. The molecule has 0 atom stereocenters. The molecule has 6 nitrogen and oxygen atoms in total. The van der Waals surface area contributed by atoms with E-state index in [2.05, 4.69) is 0 Å². The molecule has 0 aromatic heterocycles. The highest BCUT2D eigenvalue weighted by Crippen LogP contribution is 2.12. The van der Waals surface area contributed by atoms with Crippen LogP contribution >= 0.6 is 0 Å². The molecule has 0 heterocycles. The van der Waals surface area contributed by atoms with Crippen LogP contribution in [0.2, 0.25) is 0 Å². The molecule has 2 aromatic carbocycles. The van der Waals surface area contributed by atoms with E-state index in [0.29, 0.717) is 12.2 Å². The molecule has 0 spiro atoms. The van der Waals surface area contributed by atoms with Crippen molar-refractivity contribution < 1.29 is 9.72 Å². The van der Waals surface area contributed by atoms with Crippen molar-refractivity contribution in [1.29, 1.82) is 0 Å². The van der Waals surface area contributed by atoms with Gasteiger partial charge in [0.05, 0.1) is 4.92 Å². The van der Waals surface area contributed by atoms with Gasteiger partial charge in [-0.3, -0.25) is 10.1 Å². The average molecular weight is 275 g/mol. The lowest BCUT2D eigenvalue weighted by atomic mass is 10.2. The quantitative estimate of drug-likeness (QED) is 0.495. The van der Waals surface area contributed by atoms with E-state index in [-0.39, 0.29) is 5.69 Å². The van der Waals surface area contributed by atoms with Gasteiger partial charge < -0.3 is 16.3 Å². The lowest BCUT2D eigenvalue weighted by Gasteiger charge is -1.90. The summed E-state index contributed by atoms with van der Waals surface area (Å²) in [6.07, 6.45) is 0. The average Bonchev–Trinajstić information content (AvgIpc) is 2.51. The van der Waals surface area contributed by atoms with Crippen LogP contribution in [0.3, 0.4) is 0 Å². The third kappa shape index (κ3) is 6.87. The number of anilines is 1. The normalized spacial score (nSPS) is 8.45. The molecule has 0 fully saturated rings. The Morgan fingerprint density at radius 3 is 1.85 bits per heavy atom. The van der Waals surface area contributed by atoms with E-state index in [1.807, 2.05) is 37.1 Å². The summed E-state index contributed by atoms with van der Waals surface area (Å²) in [4.78, 5) is 17.6. The fourth-order valence-corrected chi connectivity index (χ4v) is 1.21. The van der Waals surface area contributed by atoms with E-state index in [1.165, 1.54) is 29.8 Å². The molecule has 6 heteroatoms. The molecule has 0 amide bonds. The molecular weight excluding hydrogens is 258 g/mol. The zero-order chi connectivity index (χ0) is 15.4. The molecule has 0 saturated carbocycles. The van der Waals surface area contributed by atoms with Gasteiger partial charge in [-0.15, -0.1) is 0 Å². The summed E-state index contributed by atoms with van der Waals surface area (Å²) in [5.74, 6) is 0. The lowest BCUT2D eigenvalue weighted by molar-refractivity contribution is -0.384. The van der Waals surface area contributed by atoms with Gasteiger partial charge in [-0.1, -0.05) is 30.3 Å². The summed E-state index contributed by atoms with van der Waals surface area (Å²) in [7, 11) is 0. The second-order valence-corrected chi connectivity index (χ2v) is 3.54. The van der Waals surface area contributed by atoms with Crippen LogP contribution in [0.4, 0.5) is 11.4 Å². The molecule has 0 aliphatic rings. The Bertz CT molecular complexity index is 501. The number of nitrogens with two attached hydrogens (primary N) is 2. The van der Waals surface area contributed by atoms with Gasteiger partial charge in [0.1, 0.15) is 6.79 Å². The molecule has 0 aliphatic carbocycles. The largest absolute Gasteiger partial charge is 0.399 e. The fraction of sp³-hybridized carbons (Fsp3) is 0.0714. The minimum atomic E-state index is -0.459. The predicted octanol–water partition coefficient (Wildman–Crippen LogP) is 2.14. The Kier molecular flexibility index (Phi) is 8.82. The van der Waals surface area contributed by atoms with E-state index in [9.17, 15) is 10.1 Å². The second-order valence-electron chi connectivity index (χ2n) is 3.54. The van der Waals surface area contributed by atoms with Crippen molar-refractivity contribution in [2.75, 3.05) is 5.73 Å². The van der Waals surface area contributed by atoms with Crippen molar-refractivity contribution in [1.82, 2.24) is 0 Å². The van der Waals surface area contributed by atoms with Crippen molar-refractivity contribution in [3.63, 3.8) is 0 Å². The number of hydrogen-bond donors (Lipinski definition) is 2. The van der Waals surface area contributed by atoms with Crippen molar-refractivity contribution in [3.8, 4) is 0 Å². The van der Waals surface area contributed by atoms with Crippen LogP contribution in [0, 0.1) is 10.1 Å². The number of nitrogens with zero attached hydrogens (tertiary/aromatic N) is 1. The number of carbonyl (C=O) groups excluding carboxylic acids is 1. The number of carbonyl (C=O) groups is 1. The molecule has 0 unspecified atom stereocenters. The number of nitro benzene ring substituents is 1. The fourth-order valence-electron chi connectivity index (χ4n) is 1.21. The van der Waals surface area contributed by atoms with Crippen molar-refractivity contribution in [2.24, 2.45) is 5.73 Å². The Labute approximate surface area is 117 Å². The molecule has 4 N–H and O–H groups in total. The van der Waals surface area contributed by atoms with Gasteiger partial charge in [0.15, 0.2) is 0 Å². The third-order valence-electron chi connectivity index (χ3n) is 2.18. The summed E-state index contributed by atoms with van der Waals surface area (Å²) in [6, 6.07) is 15.7. The first-order valence-corrected chi connectivity index (χ1v) is 5.66. The van der Waals surface area contributed by atoms with Crippen LogP contribution in [0.5, 0.6) is 0 Å². The van der Waals surface area contributed by atoms with E-state index >= 15 is 0 Å². The number of nitro groups is 1. The van der Waals surface area contributed by atoms with Crippen LogP contribution in [0.25, 0.3) is 0 Å². The molecule has 2 aromatic rings. The molecule has 0 aliphatic heterocycles. The zero-order valence-corrected chi connectivity index (χ0v) is 10.9. The first-order valence-electron chi connectivity index (χ1n) is 5.66. The highest BCUT2D eigenvalue weighted by atomic mass is 16.6. The number of rotatable bonds is 2. The number of nitrogen functional groups attached to an aromatic ring is 1. The molecule has 0 radical (unpaired) electrons. The molecule has 2 rings (SSSR count). The maximum atomic E-state index is 10.1. The Morgan fingerprint density at radius 2 is 1.50 bits per heavy atom. The monoisotopic (exact) mass is 275 g/mol. The molecule has 106 valence electrons. The molecule has 20 heavy (non-hydrogen) atoms. The van der Waals surface area contributed by atoms with Crippen LogP contribution in [0.1, 0.15) is 5.56 Å². The summed E-state index contributed by atoms with van der Waals surface area (Å²) in [6.45, 7) is 2.64. The minimum Gasteiger partial charge on any atom is -0.399 e. The van der Waals surface area contributed by atoms with E-state index in [1.54, 1.807) is 0 Å². The molecular formula is C14H17N3O3. The van der Waals surface area contributed by atoms with Crippen molar-refractivity contribution in [3.05, 3.63) is 70.3 Å². The first-order chi connectivity index (χ1) is 9.63. The topological polar surface area (TPSA) is 112 Å². The summed E-state index contributed by atoms with van der Waals surface area (Å²) >= 11 is 0. The highest BCUT2D eigenvalue weighted by molar-refractivity contribution is 5.44. The van der Waals surface area contributed by atoms with Gasteiger partial charge in [-0.2, -0.15) is 0 Å². The summed E-state index contributed by atoms with van der Waals surface area (Å²) < 4.78 is 0. The van der Waals surface area contributed by atoms with Gasteiger partial charge in [-0.05, 0) is 17.7 Å². The third-order valence-corrected chi connectivity index (χ3v) is 2.18. The smallest absolute Gasteiger partial charge is 0.269 e. The Hall–Kier alpha value is -2.73. The van der Waals surface area contributed by atoms with Gasteiger partial charge in [0.2, 0.25) is 0 Å². The molecule has 0 bridgehead atoms. The van der Waals surface area contributed by atoms with Crippen LogP contribution < -0.4 is 11.5 Å². The van der Waals surface area contributed by atoms with Crippen molar-refractivity contribution >= 4 is 18.2 Å². The standard InChI is InChI=1S/C7H9N.C6H6N2O2.CH2O/c8-6-7-4-2-1-3-5-7;7-5-1-3-6(4-2-5)8(9)10;1-2/h1-5H,6,8H2;1-4H,7H2;1H2. The van der Waals surface area contributed by atoms with Crippen molar-refractivity contribution in [2.45, 2.75) is 6.54 Å². The Morgan fingerprint density at radius 1 is 1.00 bits per heavy atom. The maximum Gasteiger partial charge on any atom is 0.269 e. The van der Waals surface area contributed by atoms with Gasteiger partial charge in [-0.25, -0.2) is 0 Å². The minimum absolute atomic E-state index is 0.0641. The number of benzene rings is 2. The van der Waals surface area contributed by atoms with Crippen LogP contribution in [-0.4, -0.2) is 11.7 Å². The lowest BCUT2D eigenvalue weighted by Crippen LogP contribution is -1.94. The highest BCUT2D eigenvalue weighted by Gasteiger charge is 2.00. The predicted molar refractivity (Wildman–Crippen MR) is 79.0 cm³/mol. The van der Waals surface area contributed by atoms with E-state index < -0.39 is 4.92 Å². The number of hydrogen-bond acceptors (Lipinski definition) is 5. The second kappa shape index (κ2) is 10.2. The SMILES string of the molecule is C=O.NCc1ccccc1.Nc1ccc([N+](=O)[O-])cc1. The van der Waals surface area contributed by atoms with E-state index in [0.717, 1.165) is 0 Å². The van der Waals surface area contributed by atoms with Gasteiger partial charge in [0, 0.05) is 24.4 Å². The first kappa shape index (κ1) is 17.3. The van der Waals surface area contributed by atoms with E-state index in [4.69, 9.17) is 16.3 Å². The summed E-state index contributed by atoms with van der Waals surface area (Å²) in [5, 5.41) is 10.1. The van der Waals surface area contributed by atoms with Gasteiger partial charge in [0.25, 0.3) is 5.69 Å². The van der Waals surface area contributed by atoms with Crippen LogP contribution in [0.15, 0.2) is 54.6 Å². The van der Waals surface area contributed by atoms with Crippen LogP contribution in [-0.2, 0) is 11.3 Å². The summed E-state index contributed by atoms with van der Waals surface area (Å²) in [5.41, 5.74) is 12.4. The zero-order valence-electron chi connectivity index (χ0n) is 10.9.